The van der Waals surface area contributed by atoms with Crippen LogP contribution in [0.5, 0.6) is 5.75 Å². The van der Waals surface area contributed by atoms with Gasteiger partial charge in [-0.25, -0.2) is 0 Å². The van der Waals surface area contributed by atoms with Gasteiger partial charge in [0, 0.05) is 5.69 Å². The van der Waals surface area contributed by atoms with Crippen molar-refractivity contribution in [2.75, 3.05) is 12.8 Å². The van der Waals surface area contributed by atoms with E-state index in [0.29, 0.717) is 17.2 Å². The van der Waals surface area contributed by atoms with Crippen LogP contribution in [0.15, 0.2) is 36.4 Å². The molecule has 3 nitrogen and oxygen atoms in total. The van der Waals surface area contributed by atoms with Crippen LogP contribution in [0.2, 0.25) is 5.02 Å². The molecule has 0 fully saturated rings. The van der Waals surface area contributed by atoms with Crippen LogP contribution in [-0.4, -0.2) is 12.2 Å². The van der Waals surface area contributed by atoms with E-state index in [1.54, 1.807) is 19.2 Å². The number of nitrogens with two attached hydrogens (primary N) is 1. The van der Waals surface area contributed by atoms with Gasteiger partial charge in [-0.2, -0.15) is 0 Å². The van der Waals surface area contributed by atoms with Gasteiger partial charge >= 0.3 is 0 Å². The standard InChI is InChI=1S/C16H16ClNO2/c1-20-15-9-11(2-5-14(15)17)16(19)7-6-10-8-12(18)3-4-13(10)16/h2-5,8-9,19H,6-7,18H2,1H3. The molecular weight excluding hydrogens is 274 g/mol. The minimum Gasteiger partial charge on any atom is -0.495 e. The van der Waals surface area contributed by atoms with E-state index in [1.165, 1.54) is 0 Å². The Morgan fingerprint density at radius 2 is 2.05 bits per heavy atom. The Bertz CT molecular complexity index is 672. The van der Waals surface area contributed by atoms with Crippen molar-refractivity contribution < 1.29 is 9.84 Å². The average molecular weight is 290 g/mol. The van der Waals surface area contributed by atoms with Crippen molar-refractivity contribution in [1.29, 1.82) is 0 Å². The molecule has 0 heterocycles. The van der Waals surface area contributed by atoms with Crippen LogP contribution >= 0.6 is 11.6 Å². The molecule has 1 aliphatic carbocycles. The zero-order chi connectivity index (χ0) is 14.3. The summed E-state index contributed by atoms with van der Waals surface area (Å²) in [6.07, 6.45) is 1.44. The highest BCUT2D eigenvalue weighted by Gasteiger charge is 2.38. The molecule has 0 aromatic heterocycles. The van der Waals surface area contributed by atoms with Crippen molar-refractivity contribution in [2.45, 2.75) is 18.4 Å². The number of aliphatic hydroxyl groups is 1. The Morgan fingerprint density at radius 3 is 2.80 bits per heavy atom. The molecule has 1 unspecified atom stereocenters. The summed E-state index contributed by atoms with van der Waals surface area (Å²) in [7, 11) is 1.57. The first kappa shape index (κ1) is 13.3. The van der Waals surface area contributed by atoms with E-state index in [2.05, 4.69) is 0 Å². The van der Waals surface area contributed by atoms with Gasteiger partial charge in [-0.05, 0) is 53.8 Å². The van der Waals surface area contributed by atoms with E-state index in [-0.39, 0.29) is 0 Å². The van der Waals surface area contributed by atoms with Crippen molar-refractivity contribution >= 4 is 17.3 Å². The predicted octanol–water partition coefficient (Wildman–Crippen LogP) is 3.11. The number of anilines is 1. The van der Waals surface area contributed by atoms with Crippen molar-refractivity contribution in [3.63, 3.8) is 0 Å². The maximum Gasteiger partial charge on any atom is 0.137 e. The number of hydrogen-bond acceptors (Lipinski definition) is 3. The summed E-state index contributed by atoms with van der Waals surface area (Å²) in [5.41, 5.74) is 8.33. The van der Waals surface area contributed by atoms with Crippen LogP contribution in [0.1, 0.15) is 23.1 Å². The largest absolute Gasteiger partial charge is 0.495 e. The molecule has 104 valence electrons. The Kier molecular flexibility index (Phi) is 3.11. The van der Waals surface area contributed by atoms with E-state index < -0.39 is 5.60 Å². The van der Waals surface area contributed by atoms with E-state index in [0.717, 1.165) is 28.8 Å². The summed E-state index contributed by atoms with van der Waals surface area (Å²) >= 11 is 6.05. The zero-order valence-corrected chi connectivity index (χ0v) is 11.9. The molecule has 0 saturated heterocycles. The molecule has 2 aromatic carbocycles. The average Bonchev–Trinajstić information content (AvgIpc) is 2.77. The number of rotatable bonds is 2. The monoisotopic (exact) mass is 289 g/mol. The molecule has 4 heteroatoms. The number of halogens is 1. The van der Waals surface area contributed by atoms with Crippen LogP contribution < -0.4 is 10.5 Å². The van der Waals surface area contributed by atoms with Gasteiger partial charge in [-0.3, -0.25) is 0 Å². The highest BCUT2D eigenvalue weighted by Crippen LogP contribution is 2.44. The normalized spacial score (nSPS) is 20.8. The molecule has 0 spiro atoms. The summed E-state index contributed by atoms with van der Waals surface area (Å²) in [5.74, 6) is 0.571. The Morgan fingerprint density at radius 1 is 1.25 bits per heavy atom. The lowest BCUT2D eigenvalue weighted by atomic mass is 9.87. The van der Waals surface area contributed by atoms with Crippen molar-refractivity contribution in [2.24, 2.45) is 0 Å². The molecule has 1 atom stereocenters. The summed E-state index contributed by atoms with van der Waals surface area (Å²) in [5, 5.41) is 11.6. The number of fused-ring (bicyclic) bond motifs is 1. The number of aryl methyl sites for hydroxylation is 1. The minimum absolute atomic E-state index is 0.537. The Labute approximate surface area is 122 Å². The van der Waals surface area contributed by atoms with Gasteiger partial charge in [0.2, 0.25) is 0 Å². The number of ether oxygens (including phenoxy) is 1. The zero-order valence-electron chi connectivity index (χ0n) is 11.2. The number of nitrogen functional groups attached to an aromatic ring is 1. The second-order valence-corrected chi connectivity index (χ2v) is 5.53. The number of benzene rings is 2. The van der Waals surface area contributed by atoms with Crippen LogP contribution in [0.25, 0.3) is 0 Å². The van der Waals surface area contributed by atoms with Gasteiger partial charge < -0.3 is 15.6 Å². The Hall–Kier alpha value is -1.71. The minimum atomic E-state index is -0.999. The molecule has 2 aromatic rings. The third-order valence-electron chi connectivity index (χ3n) is 3.96. The van der Waals surface area contributed by atoms with Gasteiger partial charge in [0.15, 0.2) is 0 Å². The molecule has 1 aliphatic rings. The maximum absolute atomic E-state index is 11.1. The fourth-order valence-electron chi connectivity index (χ4n) is 2.89. The third-order valence-corrected chi connectivity index (χ3v) is 4.27. The predicted molar refractivity (Wildman–Crippen MR) is 80.2 cm³/mol. The molecule has 0 amide bonds. The van der Waals surface area contributed by atoms with Crippen LogP contribution in [0, 0.1) is 0 Å². The van der Waals surface area contributed by atoms with Gasteiger partial charge in [0.25, 0.3) is 0 Å². The summed E-state index contributed by atoms with van der Waals surface area (Å²) in [6, 6.07) is 11.1. The lowest BCUT2D eigenvalue weighted by Gasteiger charge is -2.25. The summed E-state index contributed by atoms with van der Waals surface area (Å²) < 4.78 is 5.23. The molecule has 0 radical (unpaired) electrons. The van der Waals surface area contributed by atoms with Gasteiger partial charge in [-0.15, -0.1) is 0 Å². The molecule has 20 heavy (non-hydrogen) atoms. The first-order chi connectivity index (χ1) is 9.54. The third kappa shape index (κ3) is 1.94. The van der Waals surface area contributed by atoms with E-state index in [4.69, 9.17) is 22.1 Å². The van der Waals surface area contributed by atoms with Crippen LogP contribution in [0.3, 0.4) is 0 Å². The van der Waals surface area contributed by atoms with Gasteiger partial charge in [0.1, 0.15) is 11.4 Å². The van der Waals surface area contributed by atoms with Gasteiger partial charge in [0.05, 0.1) is 12.1 Å². The molecule has 3 N–H and O–H groups in total. The second kappa shape index (κ2) is 4.69. The number of methoxy groups -OCH3 is 1. The van der Waals surface area contributed by atoms with Crippen LogP contribution in [0.4, 0.5) is 5.69 Å². The van der Waals surface area contributed by atoms with Crippen molar-refractivity contribution in [3.8, 4) is 5.75 Å². The summed E-state index contributed by atoms with van der Waals surface area (Å²) in [6.45, 7) is 0. The molecule has 0 bridgehead atoms. The van der Waals surface area contributed by atoms with E-state index in [1.807, 2.05) is 24.3 Å². The topological polar surface area (TPSA) is 55.5 Å². The lowest BCUT2D eigenvalue weighted by molar-refractivity contribution is 0.0827. The van der Waals surface area contributed by atoms with Gasteiger partial charge in [-0.1, -0.05) is 23.7 Å². The first-order valence-corrected chi connectivity index (χ1v) is 6.87. The quantitative estimate of drug-likeness (QED) is 0.835. The SMILES string of the molecule is COc1cc(C2(O)CCc3cc(N)ccc32)ccc1Cl. The molecular formula is C16H16ClNO2. The van der Waals surface area contributed by atoms with Crippen molar-refractivity contribution in [1.82, 2.24) is 0 Å². The maximum atomic E-state index is 11.1. The molecule has 3 rings (SSSR count). The first-order valence-electron chi connectivity index (χ1n) is 6.50. The fourth-order valence-corrected chi connectivity index (χ4v) is 3.09. The lowest BCUT2D eigenvalue weighted by Crippen LogP contribution is -2.23. The Balaban J connectivity index is 2.11. The van der Waals surface area contributed by atoms with Crippen molar-refractivity contribution in [3.05, 3.63) is 58.1 Å². The van der Waals surface area contributed by atoms with Crippen LogP contribution in [-0.2, 0) is 12.0 Å². The smallest absolute Gasteiger partial charge is 0.137 e. The van der Waals surface area contributed by atoms with E-state index >= 15 is 0 Å². The highest BCUT2D eigenvalue weighted by molar-refractivity contribution is 6.32. The van der Waals surface area contributed by atoms with E-state index in [9.17, 15) is 5.11 Å². The summed E-state index contributed by atoms with van der Waals surface area (Å²) in [4.78, 5) is 0. The highest BCUT2D eigenvalue weighted by atomic mass is 35.5. The molecule has 0 saturated carbocycles. The fraction of sp³-hybridized carbons (Fsp3) is 0.250. The molecule has 0 aliphatic heterocycles. The number of hydrogen-bond donors (Lipinski definition) is 2. The second-order valence-electron chi connectivity index (χ2n) is 5.13.